The maximum absolute atomic E-state index is 10.3. The zero-order valence-electron chi connectivity index (χ0n) is 5.11. The highest BCUT2D eigenvalue weighted by molar-refractivity contribution is 8.13. The predicted octanol–water partition coefficient (Wildman–Crippen LogP) is -0.747. The Hall–Kier alpha value is -0.250. The lowest BCUT2D eigenvalue weighted by Gasteiger charge is -1.99. The van der Waals surface area contributed by atoms with Crippen LogP contribution >= 0.6 is 21.4 Å². The fraction of sp³-hybridized carbons (Fsp3) is 0. The van der Waals surface area contributed by atoms with Crippen LogP contribution in [-0.4, -0.2) is 22.9 Å². The lowest BCUT2D eigenvalue weighted by Crippen LogP contribution is -2.38. The van der Waals surface area contributed by atoms with Crippen LogP contribution in [0.3, 0.4) is 0 Å². The van der Waals surface area contributed by atoms with Crippen LogP contribution in [0.2, 0.25) is 0 Å². The van der Waals surface area contributed by atoms with E-state index in [1.165, 1.54) is 0 Å². The molecule has 0 aliphatic heterocycles. The van der Waals surface area contributed by atoms with E-state index in [-0.39, 0.29) is 0 Å². The van der Waals surface area contributed by atoms with Gasteiger partial charge >= 0.3 is 24.5 Å². The maximum Gasteiger partial charge on any atom is 0.343 e. The number of carbonyl (C=O) groups is 1. The lowest BCUT2D eigenvalue weighted by atomic mass is 11.2. The molecule has 0 atom stereocenters. The van der Waals surface area contributed by atoms with Crippen LogP contribution in [0, 0.1) is 0 Å². The van der Waals surface area contributed by atoms with E-state index >= 15 is 0 Å². The number of amides is 2. The summed E-state index contributed by atoms with van der Waals surface area (Å²) < 4.78 is 42.5. The summed E-state index contributed by atoms with van der Waals surface area (Å²) in [6.45, 7) is 0. The van der Waals surface area contributed by atoms with Crippen molar-refractivity contribution in [2.45, 2.75) is 0 Å². The normalized spacial score (nSPS) is 12.2. The average Bonchev–Trinajstić information content (AvgIpc) is 1.49. The van der Waals surface area contributed by atoms with Gasteiger partial charge in [0, 0.05) is 21.4 Å². The van der Waals surface area contributed by atoms with Gasteiger partial charge in [0.15, 0.2) is 0 Å². The standard InChI is InChI=1S/CH2Cl2N2O5S2/c2-11(7,8)4-1(6)5-12(3,9)10/h(H2,4,5,6). The first-order valence-electron chi connectivity index (χ1n) is 2.09. The van der Waals surface area contributed by atoms with E-state index in [2.05, 4.69) is 21.4 Å². The van der Waals surface area contributed by atoms with Gasteiger partial charge < -0.3 is 0 Å². The van der Waals surface area contributed by atoms with Crippen molar-refractivity contribution in [1.82, 2.24) is 9.44 Å². The smallest absolute Gasteiger partial charge is 0.247 e. The van der Waals surface area contributed by atoms with Gasteiger partial charge in [-0.25, -0.2) is 14.2 Å². The number of halogens is 2. The third-order valence-corrected chi connectivity index (χ3v) is 1.75. The van der Waals surface area contributed by atoms with Gasteiger partial charge in [0.2, 0.25) is 0 Å². The molecule has 0 aromatic carbocycles. The molecule has 0 spiro atoms. The first-order chi connectivity index (χ1) is 5.10. The van der Waals surface area contributed by atoms with Crippen molar-refractivity contribution >= 4 is 45.9 Å². The molecule has 12 heavy (non-hydrogen) atoms. The van der Waals surface area contributed by atoms with Crippen molar-refractivity contribution in [3.05, 3.63) is 0 Å². The summed E-state index contributed by atoms with van der Waals surface area (Å²) in [6, 6.07) is -1.56. The van der Waals surface area contributed by atoms with Gasteiger partial charge in [-0.2, -0.15) is 16.8 Å². The summed E-state index contributed by atoms with van der Waals surface area (Å²) in [6.07, 6.45) is 0. The van der Waals surface area contributed by atoms with Crippen molar-refractivity contribution in [2.75, 3.05) is 0 Å². The molecule has 0 aliphatic carbocycles. The van der Waals surface area contributed by atoms with Gasteiger partial charge in [0.25, 0.3) is 0 Å². The van der Waals surface area contributed by atoms with E-state index in [9.17, 15) is 21.6 Å². The highest BCUT2D eigenvalue weighted by atomic mass is 35.7. The molecular formula is CH2Cl2N2O5S2. The maximum atomic E-state index is 10.3. The molecule has 0 unspecified atom stereocenters. The Bertz CT molecular complexity index is 332. The Morgan fingerprint density at radius 3 is 1.33 bits per heavy atom. The van der Waals surface area contributed by atoms with Gasteiger partial charge in [-0.1, -0.05) is 0 Å². The molecule has 0 radical (unpaired) electrons. The van der Waals surface area contributed by atoms with Crippen molar-refractivity contribution in [1.29, 1.82) is 0 Å². The SMILES string of the molecule is O=C(NS(=O)(=O)Cl)NS(=O)(=O)Cl. The van der Waals surface area contributed by atoms with E-state index in [1.807, 2.05) is 0 Å². The third kappa shape index (κ3) is 7.85. The monoisotopic (exact) mass is 256 g/mol. The number of urea groups is 1. The number of hydrogen-bond acceptors (Lipinski definition) is 5. The van der Waals surface area contributed by atoms with Crippen LogP contribution in [0.25, 0.3) is 0 Å². The lowest BCUT2D eigenvalue weighted by molar-refractivity contribution is 0.251. The van der Waals surface area contributed by atoms with E-state index in [1.54, 1.807) is 0 Å². The van der Waals surface area contributed by atoms with E-state index in [4.69, 9.17) is 0 Å². The molecule has 0 bridgehead atoms. The molecule has 0 saturated carbocycles. The van der Waals surface area contributed by atoms with Crippen LogP contribution in [0.15, 0.2) is 0 Å². The van der Waals surface area contributed by atoms with E-state index in [0.29, 0.717) is 0 Å². The fourth-order valence-corrected chi connectivity index (χ4v) is 1.27. The highest BCUT2D eigenvalue weighted by Gasteiger charge is 2.15. The van der Waals surface area contributed by atoms with Gasteiger partial charge in [0.1, 0.15) is 0 Å². The molecule has 72 valence electrons. The summed E-state index contributed by atoms with van der Waals surface area (Å²) in [4.78, 5) is 10.3. The first kappa shape index (κ1) is 11.8. The van der Waals surface area contributed by atoms with Crippen LogP contribution in [0.4, 0.5) is 4.79 Å². The molecular weight excluding hydrogens is 255 g/mol. The van der Waals surface area contributed by atoms with Crippen molar-refractivity contribution in [3.63, 3.8) is 0 Å². The van der Waals surface area contributed by atoms with E-state index in [0.717, 1.165) is 9.44 Å². The zero-order chi connectivity index (χ0) is 9.99. The van der Waals surface area contributed by atoms with Crippen LogP contribution in [0.5, 0.6) is 0 Å². The van der Waals surface area contributed by atoms with Gasteiger partial charge in [0.05, 0.1) is 0 Å². The second-order valence-electron chi connectivity index (χ2n) is 1.41. The summed E-state index contributed by atoms with van der Waals surface area (Å²) >= 11 is 0. The second-order valence-corrected chi connectivity index (χ2v) is 6.01. The number of carbonyl (C=O) groups excluding carboxylic acids is 1. The molecule has 11 heteroatoms. The van der Waals surface area contributed by atoms with Crippen LogP contribution in [-0.2, 0) is 18.5 Å². The minimum atomic E-state index is -4.31. The summed E-state index contributed by atoms with van der Waals surface area (Å²) in [5.41, 5.74) is 0. The Kier molecular flexibility index (Phi) is 3.57. The quantitative estimate of drug-likeness (QED) is 0.632. The molecule has 7 nitrogen and oxygen atoms in total. The molecule has 0 heterocycles. The topological polar surface area (TPSA) is 109 Å². The van der Waals surface area contributed by atoms with Crippen LogP contribution in [0.1, 0.15) is 0 Å². The molecule has 0 rings (SSSR count). The average molecular weight is 257 g/mol. The summed E-state index contributed by atoms with van der Waals surface area (Å²) in [5.74, 6) is 0. The molecule has 0 aromatic rings. The molecule has 0 aliphatic rings. The largest absolute Gasteiger partial charge is 0.343 e. The minimum absolute atomic E-state index is 1.10. The minimum Gasteiger partial charge on any atom is -0.247 e. The molecule has 2 N–H and O–H groups in total. The second kappa shape index (κ2) is 3.64. The van der Waals surface area contributed by atoms with Gasteiger partial charge in [-0.3, -0.25) is 0 Å². The Balaban J connectivity index is 4.30. The Labute approximate surface area is 77.1 Å². The fourth-order valence-electron chi connectivity index (χ4n) is 0.242. The number of hydrogen-bond donors (Lipinski definition) is 2. The Morgan fingerprint density at radius 1 is 0.917 bits per heavy atom. The number of rotatable bonds is 2. The summed E-state index contributed by atoms with van der Waals surface area (Å²) in [5, 5.41) is 0. The molecule has 0 aromatic heterocycles. The molecule has 2 amide bonds. The summed E-state index contributed by atoms with van der Waals surface area (Å²) in [7, 11) is 0.421. The highest BCUT2D eigenvalue weighted by Crippen LogP contribution is 1.92. The van der Waals surface area contributed by atoms with Gasteiger partial charge in [-0.15, -0.1) is 0 Å². The predicted molar refractivity (Wildman–Crippen MR) is 41.2 cm³/mol. The number of nitrogens with one attached hydrogen (secondary N) is 2. The third-order valence-electron chi connectivity index (χ3n) is 0.429. The Morgan fingerprint density at radius 2 is 1.17 bits per heavy atom. The van der Waals surface area contributed by atoms with Gasteiger partial charge in [-0.05, 0) is 0 Å². The zero-order valence-corrected chi connectivity index (χ0v) is 8.26. The van der Waals surface area contributed by atoms with Crippen LogP contribution < -0.4 is 9.44 Å². The van der Waals surface area contributed by atoms with E-state index < -0.39 is 24.5 Å². The van der Waals surface area contributed by atoms with Crippen molar-refractivity contribution in [3.8, 4) is 0 Å². The van der Waals surface area contributed by atoms with Crippen molar-refractivity contribution in [2.24, 2.45) is 0 Å². The van der Waals surface area contributed by atoms with Crippen molar-refractivity contribution < 1.29 is 21.6 Å². The molecule has 0 fully saturated rings. The first-order valence-corrected chi connectivity index (χ1v) is 6.71. The molecule has 0 saturated heterocycles.